The first-order chi connectivity index (χ1) is 8.70. The number of benzene rings is 1. The van der Waals surface area contributed by atoms with Crippen LogP contribution in [-0.4, -0.2) is 31.6 Å². The van der Waals surface area contributed by atoms with Crippen molar-refractivity contribution in [3.63, 3.8) is 0 Å². The van der Waals surface area contributed by atoms with E-state index in [0.29, 0.717) is 25.5 Å². The summed E-state index contributed by atoms with van der Waals surface area (Å²) in [4.78, 5) is 0. The Morgan fingerprint density at radius 3 is 2.78 bits per heavy atom. The summed E-state index contributed by atoms with van der Waals surface area (Å²) in [6.07, 6.45) is 1.09. The van der Waals surface area contributed by atoms with Crippen LogP contribution in [-0.2, 0) is 4.74 Å². The number of nitrogens with one attached hydrogen (secondary N) is 1. The molecule has 0 aliphatic carbocycles. The van der Waals surface area contributed by atoms with E-state index in [-0.39, 0.29) is 6.10 Å². The van der Waals surface area contributed by atoms with Crippen LogP contribution in [0.2, 0.25) is 0 Å². The van der Waals surface area contributed by atoms with Gasteiger partial charge in [0, 0.05) is 17.3 Å². The van der Waals surface area contributed by atoms with Gasteiger partial charge in [-0.3, -0.25) is 0 Å². The Morgan fingerprint density at radius 1 is 1.44 bits per heavy atom. The van der Waals surface area contributed by atoms with Crippen molar-refractivity contribution in [3.05, 3.63) is 23.8 Å². The Hall–Kier alpha value is -1.55. The van der Waals surface area contributed by atoms with Crippen molar-refractivity contribution >= 4 is 5.71 Å². The first-order valence-corrected chi connectivity index (χ1v) is 6.27. The molecule has 2 rings (SSSR count). The van der Waals surface area contributed by atoms with E-state index in [0.717, 1.165) is 23.5 Å². The van der Waals surface area contributed by atoms with Crippen LogP contribution in [0.15, 0.2) is 18.2 Å². The van der Waals surface area contributed by atoms with Gasteiger partial charge >= 0.3 is 0 Å². The number of hydrogen-bond donors (Lipinski definition) is 1. The first-order valence-electron chi connectivity index (χ1n) is 6.27. The number of hydrogen-bond acceptors (Lipinski definition) is 4. The lowest BCUT2D eigenvalue weighted by Crippen LogP contribution is -2.38. The van der Waals surface area contributed by atoms with E-state index >= 15 is 0 Å². The second-order valence-corrected chi connectivity index (χ2v) is 4.41. The zero-order valence-electron chi connectivity index (χ0n) is 10.9. The second-order valence-electron chi connectivity index (χ2n) is 4.41. The fourth-order valence-electron chi connectivity index (χ4n) is 1.69. The summed E-state index contributed by atoms with van der Waals surface area (Å²) in [7, 11) is 0. The fraction of sp³-hybridized carbons (Fsp3) is 0.500. The first kappa shape index (κ1) is 12.9. The van der Waals surface area contributed by atoms with Crippen molar-refractivity contribution in [2.45, 2.75) is 26.4 Å². The molecule has 98 valence electrons. The zero-order valence-corrected chi connectivity index (χ0v) is 10.9. The molecule has 1 aliphatic heterocycles. The highest BCUT2D eigenvalue weighted by atomic mass is 16.6. The Labute approximate surface area is 107 Å². The molecule has 1 N–H and O–H groups in total. The average Bonchev–Trinajstić information content (AvgIpc) is 2.31. The van der Waals surface area contributed by atoms with Crippen LogP contribution in [0.5, 0.6) is 11.5 Å². The quantitative estimate of drug-likeness (QED) is 0.788. The van der Waals surface area contributed by atoms with Gasteiger partial charge in [-0.25, -0.2) is 0 Å². The van der Waals surface area contributed by atoms with Gasteiger partial charge in [0.25, 0.3) is 0 Å². The Balaban J connectivity index is 2.14. The van der Waals surface area contributed by atoms with Crippen molar-refractivity contribution in [2.24, 2.45) is 0 Å². The molecule has 0 saturated carbocycles. The van der Waals surface area contributed by atoms with Gasteiger partial charge in [0.2, 0.25) is 0 Å². The fourth-order valence-corrected chi connectivity index (χ4v) is 1.69. The minimum Gasteiger partial charge on any atom is -0.493 e. The van der Waals surface area contributed by atoms with Gasteiger partial charge in [0.05, 0.1) is 19.8 Å². The van der Waals surface area contributed by atoms with E-state index in [1.165, 1.54) is 0 Å². The third kappa shape index (κ3) is 3.01. The predicted octanol–water partition coefficient (Wildman–Crippen LogP) is 2.64. The van der Waals surface area contributed by atoms with Crippen LogP contribution in [0.4, 0.5) is 0 Å². The SMILES string of the molecule is CCCOc1cc(OC2COC2)ccc1C(C)=N. The largest absolute Gasteiger partial charge is 0.493 e. The Bertz CT molecular complexity index is 427. The van der Waals surface area contributed by atoms with Crippen LogP contribution in [0, 0.1) is 5.41 Å². The molecule has 1 aliphatic rings. The summed E-state index contributed by atoms with van der Waals surface area (Å²) < 4.78 is 16.5. The smallest absolute Gasteiger partial charge is 0.145 e. The molecule has 0 radical (unpaired) electrons. The van der Waals surface area contributed by atoms with Crippen molar-refractivity contribution in [1.29, 1.82) is 5.41 Å². The summed E-state index contributed by atoms with van der Waals surface area (Å²) in [6, 6.07) is 5.62. The normalized spacial score (nSPS) is 15.0. The van der Waals surface area contributed by atoms with Gasteiger partial charge < -0.3 is 19.6 Å². The third-order valence-electron chi connectivity index (χ3n) is 2.73. The summed E-state index contributed by atoms with van der Waals surface area (Å²) in [5.41, 5.74) is 1.32. The van der Waals surface area contributed by atoms with Crippen LogP contribution in [0.25, 0.3) is 0 Å². The van der Waals surface area contributed by atoms with Gasteiger partial charge in [0.15, 0.2) is 0 Å². The maximum Gasteiger partial charge on any atom is 0.145 e. The molecular weight excluding hydrogens is 230 g/mol. The van der Waals surface area contributed by atoms with Crippen LogP contribution in [0.3, 0.4) is 0 Å². The molecule has 18 heavy (non-hydrogen) atoms. The summed E-state index contributed by atoms with van der Waals surface area (Å²) in [5.74, 6) is 1.50. The van der Waals surface area contributed by atoms with E-state index in [9.17, 15) is 0 Å². The molecule has 0 bridgehead atoms. The van der Waals surface area contributed by atoms with Gasteiger partial charge in [0.1, 0.15) is 17.6 Å². The summed E-state index contributed by atoms with van der Waals surface area (Å²) in [5, 5.41) is 7.73. The molecule has 0 spiro atoms. The molecular formula is C14H19NO3. The summed E-state index contributed by atoms with van der Waals surface area (Å²) in [6.45, 7) is 5.76. The number of rotatable bonds is 6. The molecule has 1 aromatic rings. The summed E-state index contributed by atoms with van der Waals surface area (Å²) >= 11 is 0. The van der Waals surface area contributed by atoms with Crippen LogP contribution in [0.1, 0.15) is 25.8 Å². The molecule has 1 saturated heterocycles. The average molecular weight is 249 g/mol. The minimum atomic E-state index is 0.149. The van der Waals surface area contributed by atoms with Gasteiger partial charge in [-0.05, 0) is 25.5 Å². The lowest BCUT2D eigenvalue weighted by atomic mass is 10.1. The topological polar surface area (TPSA) is 51.5 Å². The standard InChI is InChI=1S/C14H19NO3/c1-3-6-17-14-7-11(18-12-8-16-9-12)4-5-13(14)10(2)15/h4-5,7,12,15H,3,6,8-9H2,1-2H3. The lowest BCUT2D eigenvalue weighted by molar-refractivity contribution is -0.0797. The van der Waals surface area contributed by atoms with Crippen LogP contribution < -0.4 is 9.47 Å². The molecule has 0 unspecified atom stereocenters. The third-order valence-corrected chi connectivity index (χ3v) is 2.73. The number of ether oxygens (including phenoxy) is 3. The zero-order chi connectivity index (χ0) is 13.0. The highest BCUT2D eigenvalue weighted by Gasteiger charge is 2.20. The van der Waals surface area contributed by atoms with E-state index < -0.39 is 0 Å². The molecule has 4 heteroatoms. The maximum absolute atomic E-state index is 7.73. The highest BCUT2D eigenvalue weighted by Crippen LogP contribution is 2.27. The molecule has 0 aromatic heterocycles. The molecule has 1 heterocycles. The van der Waals surface area contributed by atoms with Crippen molar-refractivity contribution in [1.82, 2.24) is 0 Å². The van der Waals surface area contributed by atoms with E-state index in [2.05, 4.69) is 6.92 Å². The Morgan fingerprint density at radius 2 is 2.22 bits per heavy atom. The molecule has 0 atom stereocenters. The van der Waals surface area contributed by atoms with Gasteiger partial charge in [-0.1, -0.05) is 6.92 Å². The molecule has 1 aromatic carbocycles. The second kappa shape index (κ2) is 5.87. The maximum atomic E-state index is 7.73. The molecule has 4 nitrogen and oxygen atoms in total. The van der Waals surface area contributed by atoms with Crippen molar-refractivity contribution in [2.75, 3.05) is 19.8 Å². The Kier molecular flexibility index (Phi) is 4.20. The van der Waals surface area contributed by atoms with Crippen molar-refractivity contribution in [3.8, 4) is 11.5 Å². The van der Waals surface area contributed by atoms with Crippen LogP contribution >= 0.6 is 0 Å². The van der Waals surface area contributed by atoms with Gasteiger partial charge in [-0.2, -0.15) is 0 Å². The van der Waals surface area contributed by atoms with E-state index in [1.807, 2.05) is 18.2 Å². The minimum absolute atomic E-state index is 0.149. The molecule has 0 amide bonds. The highest BCUT2D eigenvalue weighted by molar-refractivity contribution is 5.99. The van der Waals surface area contributed by atoms with E-state index in [1.54, 1.807) is 6.92 Å². The van der Waals surface area contributed by atoms with Gasteiger partial charge in [-0.15, -0.1) is 0 Å². The van der Waals surface area contributed by atoms with E-state index in [4.69, 9.17) is 19.6 Å². The molecule has 1 fully saturated rings. The monoisotopic (exact) mass is 249 g/mol. The lowest BCUT2D eigenvalue weighted by Gasteiger charge is -2.27. The predicted molar refractivity (Wildman–Crippen MR) is 70.0 cm³/mol. The van der Waals surface area contributed by atoms with Crippen molar-refractivity contribution < 1.29 is 14.2 Å².